The molecule has 2 aromatic carbocycles. The van der Waals surface area contributed by atoms with E-state index in [1.54, 1.807) is 7.11 Å². The van der Waals surface area contributed by atoms with Crippen molar-refractivity contribution in [3.63, 3.8) is 0 Å². The van der Waals surface area contributed by atoms with E-state index in [1.165, 1.54) is 11.8 Å². The lowest BCUT2D eigenvalue weighted by atomic mass is 10.1. The number of benzene rings is 2. The van der Waals surface area contributed by atoms with Crippen LogP contribution in [0.1, 0.15) is 29.2 Å². The molecule has 0 fully saturated rings. The molecule has 1 heterocycles. The number of allylic oxidation sites excluding steroid dienone is 1. The van der Waals surface area contributed by atoms with Crippen LogP contribution in [0.2, 0.25) is 0 Å². The molecule has 0 aromatic heterocycles. The molecule has 1 aliphatic heterocycles. The second-order valence-corrected chi connectivity index (χ2v) is 8.94. The van der Waals surface area contributed by atoms with Gasteiger partial charge >= 0.3 is 6.03 Å². The molecule has 4 N–H and O–H groups in total. The maximum absolute atomic E-state index is 12.9. The van der Waals surface area contributed by atoms with Gasteiger partial charge in [0, 0.05) is 17.9 Å². The molecule has 7 nitrogen and oxygen atoms in total. The summed E-state index contributed by atoms with van der Waals surface area (Å²) in [6, 6.07) is 11.5. The van der Waals surface area contributed by atoms with Crippen LogP contribution in [-0.2, 0) is 11.2 Å². The summed E-state index contributed by atoms with van der Waals surface area (Å²) >= 11 is 1.29. The number of hydrogen-bond acceptors (Lipinski definition) is 5. The molecule has 0 bridgehead atoms. The Balaban J connectivity index is 1.48. The zero-order chi connectivity index (χ0) is 23.3. The Morgan fingerprint density at radius 3 is 2.34 bits per heavy atom. The average Bonchev–Trinajstić information content (AvgIpc) is 3.11. The smallest absolute Gasteiger partial charge is 0.317 e. The molecule has 1 atom stereocenters. The Morgan fingerprint density at radius 2 is 1.72 bits per heavy atom. The lowest BCUT2D eigenvalue weighted by molar-refractivity contribution is -0.112. The molecule has 0 saturated carbocycles. The SMILES string of the molecule is COc1ccc(CCNC(=O)NC2NC(C)=C(C(=O)Nc3c(C)cc(C)cc3C)S2)cc1. The minimum Gasteiger partial charge on any atom is -0.497 e. The number of aryl methyl sites for hydroxylation is 3. The number of rotatable bonds is 7. The van der Waals surface area contributed by atoms with Gasteiger partial charge < -0.3 is 26.0 Å². The van der Waals surface area contributed by atoms with Gasteiger partial charge in [0.15, 0.2) is 5.50 Å². The lowest BCUT2D eigenvalue weighted by Gasteiger charge is -2.15. The predicted octanol–water partition coefficient (Wildman–Crippen LogP) is 3.95. The maximum Gasteiger partial charge on any atom is 0.317 e. The van der Waals surface area contributed by atoms with Crippen LogP contribution >= 0.6 is 11.8 Å². The highest BCUT2D eigenvalue weighted by molar-refractivity contribution is 8.04. The van der Waals surface area contributed by atoms with Gasteiger partial charge in [-0.25, -0.2) is 4.79 Å². The van der Waals surface area contributed by atoms with Gasteiger partial charge in [0.05, 0.1) is 12.0 Å². The van der Waals surface area contributed by atoms with Gasteiger partial charge in [-0.15, -0.1) is 0 Å². The van der Waals surface area contributed by atoms with Gasteiger partial charge in [0.1, 0.15) is 5.75 Å². The summed E-state index contributed by atoms with van der Waals surface area (Å²) in [6.45, 7) is 8.34. The van der Waals surface area contributed by atoms with Crippen molar-refractivity contribution in [3.05, 3.63) is 69.3 Å². The third-order valence-electron chi connectivity index (χ3n) is 5.17. The van der Waals surface area contributed by atoms with E-state index < -0.39 is 5.50 Å². The fourth-order valence-electron chi connectivity index (χ4n) is 3.62. The minimum atomic E-state index is -0.406. The van der Waals surface area contributed by atoms with Gasteiger partial charge in [0.2, 0.25) is 0 Å². The van der Waals surface area contributed by atoms with E-state index >= 15 is 0 Å². The van der Waals surface area contributed by atoms with Crippen LogP contribution in [0.4, 0.5) is 10.5 Å². The number of thioether (sulfide) groups is 1. The third kappa shape index (κ3) is 5.97. The van der Waals surface area contributed by atoms with Crippen molar-refractivity contribution in [1.82, 2.24) is 16.0 Å². The zero-order valence-corrected chi connectivity index (χ0v) is 19.9. The first-order valence-electron chi connectivity index (χ1n) is 10.5. The summed E-state index contributed by atoms with van der Waals surface area (Å²) in [5, 5.41) is 11.9. The molecule has 8 heteroatoms. The van der Waals surface area contributed by atoms with E-state index in [1.807, 2.05) is 64.1 Å². The van der Waals surface area contributed by atoms with E-state index in [-0.39, 0.29) is 11.9 Å². The molecule has 170 valence electrons. The number of urea groups is 1. The van der Waals surface area contributed by atoms with Crippen molar-refractivity contribution >= 4 is 29.4 Å². The summed E-state index contributed by atoms with van der Waals surface area (Å²) in [5.74, 6) is 0.624. The molecular formula is C24H30N4O3S. The number of anilines is 1. The van der Waals surface area contributed by atoms with E-state index in [4.69, 9.17) is 4.74 Å². The van der Waals surface area contributed by atoms with Crippen LogP contribution < -0.4 is 26.0 Å². The van der Waals surface area contributed by atoms with Crippen LogP contribution in [0.3, 0.4) is 0 Å². The first kappa shape index (κ1) is 23.5. The van der Waals surface area contributed by atoms with Gasteiger partial charge in [-0.1, -0.05) is 41.6 Å². The molecule has 32 heavy (non-hydrogen) atoms. The summed E-state index contributed by atoms with van der Waals surface area (Å²) in [6.07, 6.45) is 0.711. The predicted molar refractivity (Wildman–Crippen MR) is 130 cm³/mol. The maximum atomic E-state index is 12.9. The van der Waals surface area contributed by atoms with Crippen molar-refractivity contribution in [2.75, 3.05) is 19.0 Å². The van der Waals surface area contributed by atoms with Crippen LogP contribution in [0.25, 0.3) is 0 Å². The highest BCUT2D eigenvalue weighted by atomic mass is 32.2. The molecular weight excluding hydrogens is 424 g/mol. The zero-order valence-electron chi connectivity index (χ0n) is 19.1. The number of amides is 3. The molecule has 0 aliphatic carbocycles. The molecule has 0 radical (unpaired) electrons. The van der Waals surface area contributed by atoms with Crippen LogP contribution in [-0.4, -0.2) is 31.1 Å². The Kier molecular flexibility index (Phi) is 7.69. The molecule has 0 spiro atoms. The topological polar surface area (TPSA) is 91.5 Å². The van der Waals surface area contributed by atoms with Gasteiger partial charge in [-0.2, -0.15) is 0 Å². The number of carbonyl (C=O) groups is 2. The van der Waals surface area contributed by atoms with Crippen molar-refractivity contribution in [1.29, 1.82) is 0 Å². The second-order valence-electron chi connectivity index (χ2n) is 7.82. The molecule has 3 amide bonds. The van der Waals surface area contributed by atoms with Crippen molar-refractivity contribution in [2.45, 2.75) is 39.6 Å². The number of hydrogen-bond donors (Lipinski definition) is 4. The van der Waals surface area contributed by atoms with E-state index in [9.17, 15) is 9.59 Å². The molecule has 3 rings (SSSR count). The number of methoxy groups -OCH3 is 1. The van der Waals surface area contributed by atoms with E-state index in [0.29, 0.717) is 17.9 Å². The lowest BCUT2D eigenvalue weighted by Crippen LogP contribution is -2.45. The fourth-order valence-corrected chi connectivity index (χ4v) is 4.65. The monoisotopic (exact) mass is 454 g/mol. The first-order valence-corrected chi connectivity index (χ1v) is 11.4. The Labute approximate surface area is 193 Å². The number of ether oxygens (including phenoxy) is 1. The molecule has 1 unspecified atom stereocenters. The van der Waals surface area contributed by atoms with Crippen molar-refractivity contribution in [2.24, 2.45) is 0 Å². The van der Waals surface area contributed by atoms with Crippen molar-refractivity contribution in [3.8, 4) is 5.75 Å². The van der Waals surface area contributed by atoms with Crippen LogP contribution in [0.5, 0.6) is 5.75 Å². The molecule has 1 aliphatic rings. The van der Waals surface area contributed by atoms with E-state index in [0.717, 1.165) is 39.4 Å². The highest BCUT2D eigenvalue weighted by Crippen LogP contribution is 2.31. The van der Waals surface area contributed by atoms with E-state index in [2.05, 4.69) is 21.3 Å². The van der Waals surface area contributed by atoms with Crippen LogP contribution in [0, 0.1) is 20.8 Å². The van der Waals surface area contributed by atoms with Gasteiger partial charge in [-0.05, 0) is 62.9 Å². The fraction of sp³-hybridized carbons (Fsp3) is 0.333. The quantitative estimate of drug-likeness (QED) is 0.509. The van der Waals surface area contributed by atoms with Gasteiger partial charge in [0.25, 0.3) is 5.91 Å². The first-order chi connectivity index (χ1) is 15.3. The van der Waals surface area contributed by atoms with Gasteiger partial charge in [-0.3, -0.25) is 4.79 Å². The average molecular weight is 455 g/mol. The summed E-state index contributed by atoms with van der Waals surface area (Å²) in [7, 11) is 1.63. The summed E-state index contributed by atoms with van der Waals surface area (Å²) in [5.41, 5.74) is 5.47. The molecule has 0 saturated heterocycles. The Bertz CT molecular complexity index is 1010. The standard InChI is InChI=1S/C24H30N4O3S/c1-14-12-15(2)20(16(3)13-14)27-22(29)21-17(4)26-24(32-21)28-23(30)25-11-10-18-6-8-19(31-5)9-7-18/h6-9,12-13,24,26H,10-11H2,1-5H3,(H,27,29)(H2,25,28,30). The largest absolute Gasteiger partial charge is 0.497 e. The Morgan fingerprint density at radius 1 is 1.06 bits per heavy atom. The second kappa shape index (κ2) is 10.5. The third-order valence-corrected chi connectivity index (χ3v) is 6.36. The highest BCUT2D eigenvalue weighted by Gasteiger charge is 2.28. The Hall–Kier alpha value is -3.13. The minimum absolute atomic E-state index is 0.181. The molecule has 2 aromatic rings. The van der Waals surface area contributed by atoms with Crippen molar-refractivity contribution < 1.29 is 14.3 Å². The normalized spacial score (nSPS) is 15.2. The van der Waals surface area contributed by atoms with Crippen LogP contribution in [0.15, 0.2) is 47.0 Å². The number of carbonyl (C=O) groups excluding carboxylic acids is 2. The summed E-state index contributed by atoms with van der Waals surface area (Å²) < 4.78 is 5.15. The summed E-state index contributed by atoms with van der Waals surface area (Å²) in [4.78, 5) is 25.7. The number of nitrogens with one attached hydrogen (secondary N) is 4.